The van der Waals surface area contributed by atoms with Gasteiger partial charge in [-0.1, -0.05) is 0 Å². The fraction of sp³-hybridized carbons (Fsp3) is 0. The van der Waals surface area contributed by atoms with Gasteiger partial charge in [0, 0.05) is 42.1 Å². The van der Waals surface area contributed by atoms with Crippen molar-refractivity contribution in [3.8, 4) is 0 Å². The molecule has 0 rings (SSSR count). The molecule has 0 amide bonds. The molecule has 51 heteroatoms. The minimum absolute atomic E-state index is 0. The molecular weight excluding hydrogens is 1950 g/mol. The second-order valence-electron chi connectivity index (χ2n) is 3.67. The van der Waals surface area contributed by atoms with Crippen molar-refractivity contribution in [2.24, 2.45) is 0 Å². The first-order valence-electron chi connectivity index (χ1n) is 6.00. The van der Waals surface area contributed by atoms with E-state index in [9.17, 15) is 0 Å². The molecule has 0 saturated carbocycles. The smallest absolute Gasteiger partial charge is 0 e. The minimum Gasteiger partial charge on any atom is 0 e. The molecule has 0 atom stereocenters. The summed E-state index contributed by atoms with van der Waals surface area (Å²) < 4.78 is 311. The van der Waals surface area contributed by atoms with Crippen molar-refractivity contribution in [1.29, 1.82) is 0 Å². The zero-order valence-corrected chi connectivity index (χ0v) is 47.7. The molecule has 0 aliphatic rings. The van der Waals surface area contributed by atoms with Crippen LogP contribution in [0.5, 0.6) is 0 Å². The Balaban J connectivity index is -0.0000000217. The Morgan fingerprint density at radius 3 is 0.176 bits per heavy atom. The predicted octanol–water partition coefficient (Wildman–Crippen LogP) is -22.8. The maximum absolute atomic E-state index is 8.63. The van der Waals surface area contributed by atoms with Crippen LogP contribution in [-0.2, 0) is 287 Å². The molecule has 332 valence electrons. The summed E-state index contributed by atoms with van der Waals surface area (Å²) in [7, 11) is 0. The molecule has 0 aromatic heterocycles. The van der Waals surface area contributed by atoms with Crippen LogP contribution in [0.3, 0.4) is 0 Å². The van der Waals surface area contributed by atoms with Crippen LogP contribution < -0.4 is 80.0 Å². The van der Waals surface area contributed by atoms with E-state index < -0.39 is 151 Å². The third-order valence-corrected chi connectivity index (χ3v) is 0. The van der Waals surface area contributed by atoms with Crippen molar-refractivity contribution in [2.45, 2.75) is 0 Å². The summed E-state index contributed by atoms with van der Waals surface area (Å²) >= 11 is -54.2. The molecule has 0 fully saturated rings. The molecule has 51 heavy (non-hydrogen) atoms. The minimum atomic E-state index is -6.02. The predicted molar refractivity (Wildman–Crippen MR) is 24.3 cm³/mol. The van der Waals surface area contributed by atoms with E-state index in [1.54, 1.807) is 0 Å². The van der Waals surface area contributed by atoms with E-state index in [0.717, 1.165) is 0 Å². The maximum atomic E-state index is 8.63. The molecular formula is H8Mo9N2Ni2O36W2-12. The van der Waals surface area contributed by atoms with Gasteiger partial charge in [-0.05, 0) is 0 Å². The second kappa shape index (κ2) is 45.2. The first kappa shape index (κ1) is 100. The Labute approximate surface area is 360 Å². The average Bonchev–Trinajstić information content (AvgIpc) is 2.26. The Morgan fingerprint density at radius 2 is 0.176 bits per heavy atom. The van der Waals surface area contributed by atoms with Gasteiger partial charge >= 0.3 is 313 Å². The summed E-state index contributed by atoms with van der Waals surface area (Å²) in [4.78, 5) is 0. The van der Waals surface area contributed by atoms with Gasteiger partial charge in [-0.15, -0.1) is 0 Å². The van der Waals surface area contributed by atoms with Gasteiger partial charge in [-0.25, -0.2) is 0 Å². The summed E-state index contributed by atoms with van der Waals surface area (Å²) in [6.07, 6.45) is 0. The van der Waals surface area contributed by atoms with Gasteiger partial charge in [0.2, 0.25) is 0 Å². The van der Waals surface area contributed by atoms with Crippen LogP contribution in [0.1, 0.15) is 0 Å². The molecule has 0 aromatic rings. The zero-order valence-electron chi connectivity index (χ0n) is 21.8. The molecule has 0 aliphatic heterocycles. The number of rotatable bonds is 0. The van der Waals surface area contributed by atoms with Crippen LogP contribution in [0.4, 0.5) is 0 Å². The molecule has 0 radical (unpaired) electrons. The molecule has 0 spiro atoms. The van der Waals surface area contributed by atoms with Crippen molar-refractivity contribution in [2.75, 3.05) is 0 Å². The van der Waals surface area contributed by atoms with E-state index in [2.05, 4.69) is 0 Å². The first-order valence-corrected chi connectivity index (χ1v) is 35.5. The summed E-state index contributed by atoms with van der Waals surface area (Å²) in [6.45, 7) is 0. The van der Waals surface area contributed by atoms with Crippen LogP contribution in [-0.4, -0.2) is 0 Å². The zero-order chi connectivity index (χ0) is 40.5. The average molecular weight is 1960 g/mol. The van der Waals surface area contributed by atoms with Crippen LogP contribution >= 0.6 is 0 Å². The standard InChI is InChI=1S/9Mo.2H3N.2Ni.36O.2W/h;;;;;;;;;2*1H3;;;;;;;;;;;;;;;;;;;;;;;;;;;;;;;;;;;;;;;;/q;;;;;;;;;;;2*+2;;;;;;;;;;;;;;;;;;;18*-1;;/p+2. The second-order valence-corrected chi connectivity index (χ2v) is 21.7. The Kier molecular flexibility index (Phi) is 89.0. The Hall–Kier alpha value is 4.16. The molecule has 0 saturated heterocycles. The summed E-state index contributed by atoms with van der Waals surface area (Å²) in [5, 5.41) is 0. The van der Waals surface area contributed by atoms with Gasteiger partial charge in [0.05, 0.1) is 0 Å². The van der Waals surface area contributed by atoms with Crippen molar-refractivity contribution in [3.63, 3.8) is 0 Å². The van der Waals surface area contributed by atoms with Crippen LogP contribution in [0.2, 0.25) is 0 Å². The van der Waals surface area contributed by atoms with Gasteiger partial charge < -0.3 is 12.3 Å². The third-order valence-electron chi connectivity index (χ3n) is 0. The maximum Gasteiger partial charge on any atom is 0 e. The SMILES string of the molecule is [NH4+].[NH4+].[Ni+2].[Ni+2].[O]=[Mo](=[O])([O-])[O-].[O]=[Mo](=[O])([O-])[O-].[O]=[Mo](=[O])([O-])[O-].[O]=[Mo](=[O])([O-])[O-].[O]=[Mo](=[O])([O-])[O-].[O]=[Mo](=[O])([O-])[O-].[O]=[Mo](=[O])([O-])[O-].[O]=[Mo](=[O])([O-])[O-].[O]=[Mo](=[O])([O-])[O-].[W].[W]. The topological polar surface area (TPSA) is 795 Å². The van der Waals surface area contributed by atoms with E-state index in [0.29, 0.717) is 0 Å². The van der Waals surface area contributed by atoms with Gasteiger partial charge in [-0.3, -0.25) is 0 Å². The van der Waals surface area contributed by atoms with E-state index in [1.807, 2.05) is 0 Å². The molecule has 0 unspecified atom stereocenters. The van der Waals surface area contributed by atoms with Crippen molar-refractivity contribution >= 4 is 0 Å². The molecule has 8 N–H and O–H groups in total. The largest absolute Gasteiger partial charge is 0 e. The van der Waals surface area contributed by atoms with Gasteiger partial charge in [-0.2, -0.15) is 0 Å². The Bertz CT molecular complexity index is 1250. The molecule has 0 aliphatic carbocycles. The number of hydrogen-bond donors (Lipinski definition) is 2. The molecule has 0 heterocycles. The number of hydrogen-bond acceptors (Lipinski definition) is 36. The van der Waals surface area contributed by atoms with Gasteiger partial charge in [0.1, 0.15) is 0 Å². The summed E-state index contributed by atoms with van der Waals surface area (Å²) in [6, 6.07) is 0. The normalized spacial score (nSPS) is 10.2. The molecule has 0 aromatic carbocycles. The van der Waals surface area contributed by atoms with Crippen molar-refractivity contribution < 1.29 is 355 Å². The summed E-state index contributed by atoms with van der Waals surface area (Å²) in [5.41, 5.74) is 0. The van der Waals surface area contributed by atoms with E-state index in [1.165, 1.54) is 0 Å². The fourth-order valence-corrected chi connectivity index (χ4v) is 0. The van der Waals surface area contributed by atoms with Gasteiger partial charge in [0.15, 0.2) is 0 Å². The van der Waals surface area contributed by atoms with Crippen LogP contribution in [0, 0.1) is 0 Å². The Morgan fingerprint density at radius 1 is 0.176 bits per heavy atom. The first-order chi connectivity index (χ1) is 18.0. The van der Waals surface area contributed by atoms with E-state index in [-0.39, 0.29) is 87.4 Å². The molecule has 38 nitrogen and oxygen atoms in total. The third kappa shape index (κ3) is 8520. The van der Waals surface area contributed by atoms with Crippen molar-refractivity contribution in [1.82, 2.24) is 12.3 Å². The number of quaternary nitrogens is 2. The van der Waals surface area contributed by atoms with Gasteiger partial charge in [0.25, 0.3) is 0 Å². The quantitative estimate of drug-likeness (QED) is 0.213. The van der Waals surface area contributed by atoms with E-state index >= 15 is 0 Å². The summed E-state index contributed by atoms with van der Waals surface area (Å²) in [5.74, 6) is 0. The van der Waals surface area contributed by atoms with Crippen LogP contribution in [0.25, 0.3) is 0 Å². The van der Waals surface area contributed by atoms with Crippen molar-refractivity contribution in [3.05, 3.63) is 0 Å². The fourth-order valence-electron chi connectivity index (χ4n) is 0. The van der Waals surface area contributed by atoms with E-state index in [4.69, 9.17) is 129 Å². The monoisotopic (exact) mass is 1980 g/mol. The molecule has 0 bridgehead atoms. The van der Waals surface area contributed by atoms with Crippen LogP contribution in [0.15, 0.2) is 0 Å².